The van der Waals surface area contributed by atoms with Gasteiger partial charge in [-0.15, -0.1) is 0 Å². The molecule has 3 aromatic rings. The van der Waals surface area contributed by atoms with Crippen LogP contribution in [-0.2, 0) is 17.4 Å². The highest BCUT2D eigenvalue weighted by Crippen LogP contribution is 2.33. The Balaban J connectivity index is 1.51. The zero-order chi connectivity index (χ0) is 24.3. The van der Waals surface area contributed by atoms with Crippen LogP contribution < -0.4 is 10.2 Å². The Kier molecular flexibility index (Phi) is 6.54. The molecule has 0 radical (unpaired) electrons. The lowest BCUT2D eigenvalue weighted by Gasteiger charge is -2.25. The summed E-state index contributed by atoms with van der Waals surface area (Å²) in [6.07, 6.45) is -3.03. The van der Waals surface area contributed by atoms with E-state index in [9.17, 15) is 18.0 Å². The first-order chi connectivity index (χ1) is 16.2. The summed E-state index contributed by atoms with van der Waals surface area (Å²) >= 11 is 0. The van der Waals surface area contributed by atoms with Crippen LogP contribution in [0.4, 0.5) is 19.0 Å². The fourth-order valence-corrected chi connectivity index (χ4v) is 3.91. The van der Waals surface area contributed by atoms with Gasteiger partial charge >= 0.3 is 6.18 Å². The number of carbonyl (C=O) groups excluding carboxylic acids is 1. The van der Waals surface area contributed by atoms with Gasteiger partial charge in [-0.3, -0.25) is 4.79 Å². The molecular formula is C24H22F3N5O2. The quantitative estimate of drug-likeness (QED) is 0.580. The molecule has 1 amide bonds. The summed E-state index contributed by atoms with van der Waals surface area (Å²) in [6, 6.07) is 13.1. The van der Waals surface area contributed by atoms with Crippen LogP contribution in [0, 0.1) is 18.3 Å². The molecule has 0 spiro atoms. The standard InChI is InChI=1S/C24H22F3N5O2/c1-15-4-9-20(34-15)18-13-21(31-23(30-18)24(25,26)27)32-12-2-3-19(32)22(33)29-11-10-16-5-7-17(14-28)8-6-16/h4-9,13,19H,2-3,10-12H2,1H3,(H,29,33). The van der Waals surface area contributed by atoms with Crippen LogP contribution in [0.2, 0.25) is 0 Å². The number of hydrogen-bond donors (Lipinski definition) is 1. The Morgan fingerprint density at radius 1 is 1.24 bits per heavy atom. The van der Waals surface area contributed by atoms with Gasteiger partial charge < -0.3 is 14.6 Å². The van der Waals surface area contributed by atoms with Gasteiger partial charge in [-0.25, -0.2) is 9.97 Å². The number of benzene rings is 1. The van der Waals surface area contributed by atoms with Crippen molar-refractivity contribution in [3.05, 3.63) is 65.2 Å². The molecule has 1 saturated heterocycles. The first kappa shape index (κ1) is 23.3. The largest absolute Gasteiger partial charge is 0.460 e. The number of alkyl halides is 3. The number of nitrogens with one attached hydrogen (secondary N) is 1. The molecular weight excluding hydrogens is 447 g/mol. The molecule has 1 aliphatic rings. The third kappa shape index (κ3) is 5.20. The van der Waals surface area contributed by atoms with Gasteiger partial charge in [0.1, 0.15) is 23.3 Å². The Labute approximate surface area is 194 Å². The number of halogens is 3. The minimum Gasteiger partial charge on any atom is -0.460 e. The van der Waals surface area contributed by atoms with E-state index < -0.39 is 18.0 Å². The molecule has 0 aliphatic carbocycles. The van der Waals surface area contributed by atoms with E-state index in [4.69, 9.17) is 9.68 Å². The highest BCUT2D eigenvalue weighted by molar-refractivity contribution is 5.85. The second-order valence-corrected chi connectivity index (χ2v) is 8.04. The fraction of sp³-hybridized carbons (Fsp3) is 0.333. The number of furan rings is 1. The van der Waals surface area contributed by atoms with E-state index in [0.717, 1.165) is 5.56 Å². The molecule has 0 bridgehead atoms. The average Bonchev–Trinajstić information content (AvgIpc) is 3.48. The van der Waals surface area contributed by atoms with Crippen LogP contribution in [0.5, 0.6) is 0 Å². The number of nitrogens with zero attached hydrogens (tertiary/aromatic N) is 4. The minimum absolute atomic E-state index is 0.0114. The number of amides is 1. The number of aryl methyl sites for hydroxylation is 1. The summed E-state index contributed by atoms with van der Waals surface area (Å²) in [5, 5.41) is 11.7. The normalized spacial score (nSPS) is 15.9. The van der Waals surface area contributed by atoms with Gasteiger partial charge in [0.05, 0.1) is 11.6 Å². The molecule has 1 aromatic carbocycles. The van der Waals surface area contributed by atoms with Crippen LogP contribution >= 0.6 is 0 Å². The highest BCUT2D eigenvalue weighted by Gasteiger charge is 2.38. The van der Waals surface area contributed by atoms with Gasteiger partial charge in [0, 0.05) is 19.2 Å². The van der Waals surface area contributed by atoms with Gasteiger partial charge in [0.15, 0.2) is 5.76 Å². The van der Waals surface area contributed by atoms with Crippen molar-refractivity contribution in [1.82, 2.24) is 15.3 Å². The summed E-state index contributed by atoms with van der Waals surface area (Å²) in [7, 11) is 0. The topological polar surface area (TPSA) is 95.1 Å². The van der Waals surface area contributed by atoms with Crippen LogP contribution in [0.1, 0.15) is 35.6 Å². The van der Waals surface area contributed by atoms with Crippen molar-refractivity contribution >= 4 is 11.7 Å². The van der Waals surface area contributed by atoms with E-state index in [1.807, 2.05) is 12.1 Å². The lowest BCUT2D eigenvalue weighted by Crippen LogP contribution is -2.44. The molecule has 1 aliphatic heterocycles. The minimum atomic E-state index is -4.75. The molecule has 1 atom stereocenters. The Hall–Kier alpha value is -3.87. The number of nitriles is 1. The molecule has 34 heavy (non-hydrogen) atoms. The SMILES string of the molecule is Cc1ccc(-c2cc(N3CCCC3C(=O)NCCc3ccc(C#N)cc3)nc(C(F)(F)F)n2)o1. The maximum absolute atomic E-state index is 13.5. The molecule has 2 aromatic heterocycles. The molecule has 3 heterocycles. The molecule has 10 heteroatoms. The number of carbonyl (C=O) groups is 1. The summed E-state index contributed by atoms with van der Waals surface area (Å²) in [5.41, 5.74) is 1.53. The van der Waals surface area contributed by atoms with Crippen molar-refractivity contribution in [1.29, 1.82) is 5.26 Å². The third-order valence-electron chi connectivity index (χ3n) is 5.60. The van der Waals surface area contributed by atoms with E-state index in [2.05, 4.69) is 21.4 Å². The highest BCUT2D eigenvalue weighted by atomic mass is 19.4. The van der Waals surface area contributed by atoms with E-state index >= 15 is 0 Å². The average molecular weight is 469 g/mol. The predicted molar refractivity (Wildman–Crippen MR) is 118 cm³/mol. The number of hydrogen-bond acceptors (Lipinski definition) is 6. The molecule has 7 nitrogen and oxygen atoms in total. The van der Waals surface area contributed by atoms with Gasteiger partial charge in [-0.05, 0) is 56.0 Å². The van der Waals surface area contributed by atoms with Crippen molar-refractivity contribution < 1.29 is 22.4 Å². The predicted octanol–water partition coefficient (Wildman–Crippen LogP) is 4.26. The zero-order valence-corrected chi connectivity index (χ0v) is 18.4. The van der Waals surface area contributed by atoms with Crippen molar-refractivity contribution in [3.8, 4) is 17.5 Å². The second-order valence-electron chi connectivity index (χ2n) is 8.04. The van der Waals surface area contributed by atoms with Crippen molar-refractivity contribution in [2.75, 3.05) is 18.0 Å². The molecule has 176 valence electrons. The third-order valence-corrected chi connectivity index (χ3v) is 5.60. The number of anilines is 1. The monoisotopic (exact) mass is 469 g/mol. The molecule has 1 fully saturated rings. The lowest BCUT2D eigenvalue weighted by molar-refractivity contribution is -0.144. The molecule has 0 saturated carbocycles. The van der Waals surface area contributed by atoms with E-state index in [1.54, 1.807) is 36.1 Å². The van der Waals surface area contributed by atoms with Gasteiger partial charge in [0.2, 0.25) is 11.7 Å². The summed E-state index contributed by atoms with van der Waals surface area (Å²) in [4.78, 5) is 21.9. The fourth-order valence-electron chi connectivity index (χ4n) is 3.91. The van der Waals surface area contributed by atoms with Crippen LogP contribution in [-0.4, -0.2) is 35.0 Å². The number of aromatic nitrogens is 2. The molecule has 1 N–H and O–H groups in total. The van der Waals surface area contributed by atoms with Gasteiger partial charge in [-0.1, -0.05) is 12.1 Å². The van der Waals surface area contributed by atoms with Gasteiger partial charge in [-0.2, -0.15) is 18.4 Å². The second kappa shape index (κ2) is 9.55. The zero-order valence-electron chi connectivity index (χ0n) is 18.4. The van der Waals surface area contributed by atoms with Gasteiger partial charge in [0.25, 0.3) is 0 Å². The summed E-state index contributed by atoms with van der Waals surface area (Å²) in [5.74, 6) is -0.760. The van der Waals surface area contributed by atoms with E-state index in [0.29, 0.717) is 43.7 Å². The van der Waals surface area contributed by atoms with E-state index in [-0.39, 0.29) is 23.2 Å². The number of rotatable bonds is 6. The molecule has 1 unspecified atom stereocenters. The first-order valence-electron chi connectivity index (χ1n) is 10.8. The Morgan fingerprint density at radius 2 is 2.00 bits per heavy atom. The van der Waals surface area contributed by atoms with Crippen molar-refractivity contribution in [3.63, 3.8) is 0 Å². The summed E-state index contributed by atoms with van der Waals surface area (Å²) < 4.78 is 46.0. The summed E-state index contributed by atoms with van der Waals surface area (Å²) in [6.45, 7) is 2.46. The maximum Gasteiger partial charge on any atom is 0.451 e. The maximum atomic E-state index is 13.5. The molecule has 4 rings (SSSR count). The van der Waals surface area contributed by atoms with Crippen LogP contribution in [0.15, 0.2) is 46.9 Å². The Morgan fingerprint density at radius 3 is 2.65 bits per heavy atom. The Bertz CT molecular complexity index is 1210. The lowest BCUT2D eigenvalue weighted by atomic mass is 10.1. The van der Waals surface area contributed by atoms with Crippen LogP contribution in [0.3, 0.4) is 0 Å². The van der Waals surface area contributed by atoms with Crippen molar-refractivity contribution in [2.24, 2.45) is 0 Å². The van der Waals surface area contributed by atoms with Crippen LogP contribution in [0.25, 0.3) is 11.5 Å². The van der Waals surface area contributed by atoms with E-state index in [1.165, 1.54) is 6.07 Å². The first-order valence-corrected chi connectivity index (χ1v) is 10.8. The smallest absolute Gasteiger partial charge is 0.451 e. The van der Waals surface area contributed by atoms with Crippen molar-refractivity contribution in [2.45, 2.75) is 38.4 Å².